The second kappa shape index (κ2) is 6.59. The van der Waals surface area contributed by atoms with E-state index in [9.17, 15) is 0 Å². The molecule has 1 fully saturated rings. The number of hydrogen-bond donors (Lipinski definition) is 1. The molecular weight excluding hydrogens is 272 g/mol. The number of rotatable bonds is 4. The van der Waals surface area contributed by atoms with E-state index in [1.165, 1.54) is 5.56 Å². The average molecular weight is 292 g/mol. The highest BCUT2D eigenvalue weighted by molar-refractivity contribution is 5.43. The second-order valence-electron chi connectivity index (χ2n) is 5.82. The van der Waals surface area contributed by atoms with Crippen molar-refractivity contribution in [3.8, 4) is 6.07 Å². The number of benzene rings is 1. The third-order valence-corrected chi connectivity index (χ3v) is 4.08. The molecule has 1 N–H and O–H groups in total. The lowest BCUT2D eigenvalue weighted by molar-refractivity contribution is 0.328. The maximum Gasteiger partial charge on any atom is 0.145 e. The summed E-state index contributed by atoms with van der Waals surface area (Å²) in [5.74, 6) is 0.800. The molecule has 0 aliphatic carbocycles. The maximum absolute atomic E-state index is 9.06. The van der Waals surface area contributed by atoms with E-state index >= 15 is 0 Å². The van der Waals surface area contributed by atoms with E-state index in [1.54, 1.807) is 0 Å². The van der Waals surface area contributed by atoms with Crippen LogP contribution in [0.25, 0.3) is 0 Å². The quantitative estimate of drug-likeness (QED) is 0.941. The van der Waals surface area contributed by atoms with Gasteiger partial charge in [-0.25, -0.2) is 4.98 Å². The summed E-state index contributed by atoms with van der Waals surface area (Å²) in [6.07, 6.45) is 1.10. The number of anilines is 1. The SMILES string of the molecule is Cc1ccc(N[C@@H]2CCN(Cc3ccccc3)C2)nc1C#N. The molecule has 2 aromatic rings. The number of aryl methyl sites for hydroxylation is 1. The average Bonchev–Trinajstić information content (AvgIpc) is 2.97. The van der Waals surface area contributed by atoms with Gasteiger partial charge in [0.1, 0.15) is 17.6 Å². The van der Waals surface area contributed by atoms with Crippen LogP contribution in [0.1, 0.15) is 23.2 Å². The third-order valence-electron chi connectivity index (χ3n) is 4.08. The summed E-state index contributed by atoms with van der Waals surface area (Å²) >= 11 is 0. The molecule has 22 heavy (non-hydrogen) atoms. The highest BCUT2D eigenvalue weighted by atomic mass is 15.2. The Hall–Kier alpha value is -2.38. The first-order chi connectivity index (χ1) is 10.7. The molecule has 0 saturated carbocycles. The Balaban J connectivity index is 1.58. The molecular formula is C18H20N4. The summed E-state index contributed by atoms with van der Waals surface area (Å²) in [4.78, 5) is 6.82. The van der Waals surface area contributed by atoms with Gasteiger partial charge >= 0.3 is 0 Å². The maximum atomic E-state index is 9.06. The van der Waals surface area contributed by atoms with Crippen molar-refractivity contribution in [3.05, 3.63) is 59.3 Å². The predicted octanol–water partition coefficient (Wildman–Crippen LogP) is 2.95. The van der Waals surface area contributed by atoms with E-state index in [-0.39, 0.29) is 0 Å². The van der Waals surface area contributed by atoms with Gasteiger partial charge in [-0.15, -0.1) is 0 Å². The van der Waals surface area contributed by atoms with Crippen LogP contribution in [0.2, 0.25) is 0 Å². The Labute approximate surface area is 131 Å². The standard InChI is InChI=1S/C18H20N4/c1-14-7-8-18(21-17(14)11-19)20-16-9-10-22(13-16)12-15-5-3-2-4-6-15/h2-8,16H,9-10,12-13H2,1H3,(H,20,21)/t16-/m1/s1. The first-order valence-corrected chi connectivity index (χ1v) is 7.65. The Kier molecular flexibility index (Phi) is 4.36. The van der Waals surface area contributed by atoms with Gasteiger partial charge in [-0.1, -0.05) is 36.4 Å². The fourth-order valence-electron chi connectivity index (χ4n) is 2.87. The van der Waals surface area contributed by atoms with Gasteiger partial charge in [0.05, 0.1) is 0 Å². The molecule has 0 amide bonds. The van der Waals surface area contributed by atoms with Gasteiger partial charge in [-0.3, -0.25) is 4.90 Å². The Bertz CT molecular complexity index is 675. The van der Waals surface area contributed by atoms with Crippen molar-refractivity contribution in [2.75, 3.05) is 18.4 Å². The summed E-state index contributed by atoms with van der Waals surface area (Å²) < 4.78 is 0. The molecule has 1 aromatic heterocycles. The molecule has 0 unspecified atom stereocenters. The van der Waals surface area contributed by atoms with E-state index in [0.717, 1.165) is 37.4 Å². The van der Waals surface area contributed by atoms with E-state index in [1.807, 2.05) is 25.1 Å². The summed E-state index contributed by atoms with van der Waals surface area (Å²) in [6.45, 7) is 4.99. The highest BCUT2D eigenvalue weighted by Crippen LogP contribution is 2.18. The number of nitriles is 1. The summed E-state index contributed by atoms with van der Waals surface area (Å²) in [6, 6.07) is 17.0. The van der Waals surface area contributed by atoms with Crippen molar-refractivity contribution in [2.24, 2.45) is 0 Å². The van der Waals surface area contributed by atoms with Gasteiger partial charge < -0.3 is 5.32 Å². The number of likely N-dealkylation sites (tertiary alicyclic amines) is 1. The molecule has 0 radical (unpaired) electrons. The van der Waals surface area contributed by atoms with E-state index in [4.69, 9.17) is 5.26 Å². The number of nitrogens with zero attached hydrogens (tertiary/aromatic N) is 3. The zero-order valence-corrected chi connectivity index (χ0v) is 12.8. The molecule has 1 atom stereocenters. The molecule has 0 spiro atoms. The van der Waals surface area contributed by atoms with E-state index in [0.29, 0.717) is 11.7 Å². The zero-order valence-electron chi connectivity index (χ0n) is 12.8. The Morgan fingerprint density at radius 2 is 2.09 bits per heavy atom. The third kappa shape index (κ3) is 3.44. The van der Waals surface area contributed by atoms with Crippen LogP contribution in [0, 0.1) is 18.3 Å². The first-order valence-electron chi connectivity index (χ1n) is 7.65. The van der Waals surface area contributed by atoms with Gasteiger partial charge in [0.15, 0.2) is 0 Å². The van der Waals surface area contributed by atoms with E-state index < -0.39 is 0 Å². The van der Waals surface area contributed by atoms with E-state index in [2.05, 4.69) is 45.5 Å². The number of nitrogens with one attached hydrogen (secondary N) is 1. The fourth-order valence-corrected chi connectivity index (χ4v) is 2.87. The lowest BCUT2D eigenvalue weighted by atomic mass is 10.2. The van der Waals surface area contributed by atoms with Crippen LogP contribution in [-0.4, -0.2) is 29.0 Å². The molecule has 1 aliphatic rings. The Morgan fingerprint density at radius 1 is 1.27 bits per heavy atom. The second-order valence-corrected chi connectivity index (χ2v) is 5.82. The van der Waals surface area contributed by atoms with Gasteiger partial charge in [0.25, 0.3) is 0 Å². The lowest BCUT2D eigenvalue weighted by Crippen LogP contribution is -2.26. The molecule has 4 heteroatoms. The van der Waals surface area contributed by atoms with Crippen LogP contribution >= 0.6 is 0 Å². The molecule has 112 valence electrons. The molecule has 1 saturated heterocycles. The van der Waals surface area contributed by atoms with Gasteiger partial charge in [0, 0.05) is 25.7 Å². The molecule has 1 aromatic carbocycles. The predicted molar refractivity (Wildman–Crippen MR) is 87.4 cm³/mol. The van der Waals surface area contributed by atoms with Crippen molar-refractivity contribution < 1.29 is 0 Å². The monoisotopic (exact) mass is 292 g/mol. The number of hydrogen-bond acceptors (Lipinski definition) is 4. The minimum Gasteiger partial charge on any atom is -0.366 e. The largest absolute Gasteiger partial charge is 0.366 e. The number of aromatic nitrogens is 1. The number of pyridine rings is 1. The van der Waals surface area contributed by atoms with Crippen LogP contribution < -0.4 is 5.32 Å². The highest BCUT2D eigenvalue weighted by Gasteiger charge is 2.22. The summed E-state index contributed by atoms with van der Waals surface area (Å²) in [5.41, 5.74) is 2.78. The molecule has 4 nitrogen and oxygen atoms in total. The van der Waals surface area contributed by atoms with Crippen LogP contribution in [0.4, 0.5) is 5.82 Å². The van der Waals surface area contributed by atoms with Gasteiger partial charge in [0.2, 0.25) is 0 Å². The molecule has 3 rings (SSSR count). The van der Waals surface area contributed by atoms with Gasteiger partial charge in [-0.2, -0.15) is 5.26 Å². The molecule has 2 heterocycles. The topological polar surface area (TPSA) is 52.0 Å². The minimum absolute atomic E-state index is 0.394. The van der Waals surface area contributed by atoms with Crippen LogP contribution in [0.5, 0.6) is 0 Å². The summed E-state index contributed by atoms with van der Waals surface area (Å²) in [7, 11) is 0. The van der Waals surface area contributed by atoms with Crippen molar-refractivity contribution in [1.82, 2.24) is 9.88 Å². The van der Waals surface area contributed by atoms with Crippen molar-refractivity contribution in [3.63, 3.8) is 0 Å². The molecule has 1 aliphatic heterocycles. The first kappa shape index (κ1) is 14.6. The fraction of sp³-hybridized carbons (Fsp3) is 0.333. The van der Waals surface area contributed by atoms with Crippen LogP contribution in [0.3, 0.4) is 0 Å². The smallest absolute Gasteiger partial charge is 0.145 e. The van der Waals surface area contributed by atoms with Gasteiger partial charge in [-0.05, 0) is 30.5 Å². The van der Waals surface area contributed by atoms with Crippen LogP contribution in [0.15, 0.2) is 42.5 Å². The normalized spacial score (nSPS) is 18.1. The van der Waals surface area contributed by atoms with Crippen molar-refractivity contribution in [2.45, 2.75) is 25.9 Å². The summed E-state index contributed by atoms with van der Waals surface area (Å²) in [5, 5.41) is 12.5. The molecule has 0 bridgehead atoms. The van der Waals surface area contributed by atoms with Crippen molar-refractivity contribution in [1.29, 1.82) is 5.26 Å². The lowest BCUT2D eigenvalue weighted by Gasteiger charge is -2.17. The Morgan fingerprint density at radius 3 is 2.86 bits per heavy atom. The minimum atomic E-state index is 0.394. The van der Waals surface area contributed by atoms with Crippen molar-refractivity contribution >= 4 is 5.82 Å². The zero-order chi connectivity index (χ0) is 15.4. The van der Waals surface area contributed by atoms with Crippen LogP contribution in [-0.2, 0) is 6.54 Å².